The molecule has 0 atom stereocenters. The summed E-state index contributed by atoms with van der Waals surface area (Å²) in [7, 11) is 9.26. The van der Waals surface area contributed by atoms with Gasteiger partial charge in [0.2, 0.25) is 11.5 Å². The van der Waals surface area contributed by atoms with E-state index in [-0.39, 0.29) is 114 Å². The van der Waals surface area contributed by atoms with Gasteiger partial charge in [0, 0.05) is 55.4 Å². The predicted octanol–water partition coefficient (Wildman–Crippen LogP) is 4.42. The fourth-order valence-electron chi connectivity index (χ4n) is 10.3. The summed E-state index contributed by atoms with van der Waals surface area (Å²) >= 11 is 0. The van der Waals surface area contributed by atoms with Crippen LogP contribution in [0.1, 0.15) is 43.5 Å². The van der Waals surface area contributed by atoms with Crippen molar-refractivity contribution < 1.29 is 151 Å². The van der Waals surface area contributed by atoms with Crippen molar-refractivity contribution in [2.75, 3.05) is 42.7 Å². The van der Waals surface area contributed by atoms with Crippen LogP contribution in [0.4, 0.5) is 0 Å². The average Bonchev–Trinajstić information content (AvgIpc) is 4.28. The molecule has 2 aliphatic rings. The Bertz CT molecular complexity index is 3760. The van der Waals surface area contributed by atoms with Gasteiger partial charge < -0.3 is 58.2 Å². The molecule has 0 radical (unpaired) electrons. The number of aromatic nitrogens is 4. The van der Waals surface area contributed by atoms with E-state index in [0.29, 0.717) is 145 Å². The Balaban J connectivity index is 0.00000353. The molecule has 0 fully saturated rings. The van der Waals surface area contributed by atoms with Gasteiger partial charge in [-0.05, 0) is 117 Å². The molecule has 11 rings (SSSR count). The Morgan fingerprint density at radius 1 is 0.408 bits per heavy atom. The molecule has 8 bridgehead atoms. The van der Waals surface area contributed by atoms with Crippen molar-refractivity contribution in [3.8, 4) is 79.0 Å². The van der Waals surface area contributed by atoms with Crippen LogP contribution in [-0.4, -0.2) is 74.5 Å². The zero-order chi connectivity index (χ0) is 51.4. The summed E-state index contributed by atoms with van der Waals surface area (Å²) in [4.78, 5) is 44.1. The molecular formula is C60H44K2N4O10. The van der Waals surface area contributed by atoms with Crippen LogP contribution in [0, 0.1) is 0 Å². The van der Waals surface area contributed by atoms with E-state index >= 15 is 0 Å². The van der Waals surface area contributed by atoms with Crippen LogP contribution in [0.25, 0.3) is 112 Å². The predicted molar refractivity (Wildman–Crippen MR) is 284 cm³/mol. The first-order valence-electron chi connectivity index (χ1n) is 23.3. The third-order valence-corrected chi connectivity index (χ3v) is 13.4. The van der Waals surface area contributed by atoms with Crippen molar-refractivity contribution in [1.82, 2.24) is 19.9 Å². The quantitative estimate of drug-likeness (QED) is 0.164. The first kappa shape index (κ1) is 54.2. The maximum atomic E-state index is 12.9. The van der Waals surface area contributed by atoms with Gasteiger partial charge in [-0.25, -0.2) is 9.97 Å². The molecule has 0 saturated carbocycles. The monoisotopic (exact) mass is 1060 g/mol. The van der Waals surface area contributed by atoms with Crippen LogP contribution < -0.4 is 141 Å². The molecule has 0 spiro atoms. The molecule has 3 aromatic heterocycles. The van der Waals surface area contributed by atoms with Crippen molar-refractivity contribution in [1.29, 1.82) is 0 Å². The zero-order valence-corrected chi connectivity index (χ0v) is 49.1. The second-order valence-corrected chi connectivity index (χ2v) is 17.3. The number of methoxy groups -OCH3 is 6. The number of rotatable bonds is 12. The van der Waals surface area contributed by atoms with Crippen LogP contribution in [0.5, 0.6) is 34.5 Å². The Morgan fingerprint density at radius 2 is 0.711 bits per heavy atom. The van der Waals surface area contributed by atoms with E-state index in [1.54, 1.807) is 40.6 Å². The third kappa shape index (κ3) is 9.46. The molecule has 16 heteroatoms. The number of carbonyl (C=O) groups excluding carboxylic acids is 2. The summed E-state index contributed by atoms with van der Waals surface area (Å²) in [6, 6.07) is 36.5. The van der Waals surface area contributed by atoms with Gasteiger partial charge in [0.05, 0.1) is 77.4 Å². The number of H-pyrrole nitrogens is 2. The number of nitrogens with zero attached hydrogens (tertiary/aromatic N) is 2. The minimum Gasteiger partial charge on any atom is -0.545 e. The zero-order valence-electron chi connectivity index (χ0n) is 42.8. The standard InChI is InChI=1S/C60H46N4O10.2K/c1-69-47-27-33(28-48(70-2)57(47)73-5)53-39-19-23-43(61-39)55(35-15-7-11-31-13-9-17-37(51(31)35)59(65)66)45-25-21-41(63-45)54(34-29-49(71-3)58(74-6)50(30-34)72-4)42-22-26-46(64-42)56(44-24-20-40(53)62-44)36-16-8-12-32-14-10-18-38(52(32)36)60(67)68;;/h7-30,61,64H,1-6H3,(H,65,66)(H,67,68);;/q;2*+1/p-2. The molecule has 6 aromatic carbocycles. The van der Waals surface area contributed by atoms with Gasteiger partial charge in [-0.1, -0.05) is 72.8 Å². The van der Waals surface area contributed by atoms with Gasteiger partial charge in [-0.2, -0.15) is 0 Å². The molecule has 2 N–H and O–H groups in total. The molecule has 0 amide bonds. The van der Waals surface area contributed by atoms with Crippen LogP contribution in [0.3, 0.4) is 0 Å². The molecule has 366 valence electrons. The van der Waals surface area contributed by atoms with E-state index in [9.17, 15) is 19.8 Å². The summed E-state index contributed by atoms with van der Waals surface area (Å²) < 4.78 is 35.0. The van der Waals surface area contributed by atoms with E-state index in [1.165, 1.54) is 26.4 Å². The molecule has 5 heterocycles. The van der Waals surface area contributed by atoms with Gasteiger partial charge in [-0.3, -0.25) is 0 Å². The van der Waals surface area contributed by atoms with Gasteiger partial charge in [-0.15, -0.1) is 0 Å². The summed E-state index contributed by atoms with van der Waals surface area (Å²) in [5.74, 6) is -0.247. The van der Waals surface area contributed by atoms with Crippen molar-refractivity contribution in [3.63, 3.8) is 0 Å². The summed E-state index contributed by atoms with van der Waals surface area (Å²) in [6.07, 6.45) is 7.60. The number of hydrogen-bond donors (Lipinski definition) is 2. The molecule has 14 nitrogen and oxygen atoms in total. The Labute approximate surface area is 521 Å². The number of aromatic amines is 2. The Morgan fingerprint density at radius 3 is 1.01 bits per heavy atom. The molecule has 76 heavy (non-hydrogen) atoms. The maximum absolute atomic E-state index is 12.9. The fourth-order valence-corrected chi connectivity index (χ4v) is 10.3. The van der Waals surface area contributed by atoms with Crippen molar-refractivity contribution >= 4 is 79.9 Å². The number of carbonyl (C=O) groups is 2. The normalized spacial score (nSPS) is 11.4. The van der Waals surface area contributed by atoms with E-state index in [1.807, 2.05) is 121 Å². The number of nitrogens with one attached hydrogen (secondary N) is 2. The molecule has 0 unspecified atom stereocenters. The largest absolute Gasteiger partial charge is 1.00 e. The minimum absolute atomic E-state index is 0. The van der Waals surface area contributed by atoms with Gasteiger partial charge >= 0.3 is 103 Å². The third-order valence-electron chi connectivity index (χ3n) is 13.4. The number of hydrogen-bond acceptors (Lipinski definition) is 12. The summed E-state index contributed by atoms with van der Waals surface area (Å²) in [5.41, 5.74) is 9.50. The Hall–Kier alpha value is -6.55. The maximum Gasteiger partial charge on any atom is 1.00 e. The first-order chi connectivity index (χ1) is 36.1. The van der Waals surface area contributed by atoms with Crippen molar-refractivity contribution in [2.24, 2.45) is 0 Å². The van der Waals surface area contributed by atoms with Gasteiger partial charge in [0.15, 0.2) is 23.0 Å². The molecule has 0 aliphatic carbocycles. The van der Waals surface area contributed by atoms with Gasteiger partial charge in [0.1, 0.15) is 0 Å². The number of ether oxygens (including phenoxy) is 6. The molecule has 2 aliphatic heterocycles. The SMILES string of the molecule is COc1cc(-c2c3nc(c(-c4cccc5cccc(C(=O)[O-])c45)c4ccc([nH]4)c(-c4cc(OC)c(OC)c(OC)c4)c4nc(c(-c5cccc6cccc(C(=O)[O-])c56)c5ccc2[nH]5)C=C4)C=C3)cc(OC)c1OC.[K+].[K+]. The van der Waals surface area contributed by atoms with E-state index in [4.69, 9.17) is 38.4 Å². The van der Waals surface area contributed by atoms with Crippen LogP contribution >= 0.6 is 0 Å². The fraction of sp³-hybridized carbons (Fsp3) is 0.100. The van der Waals surface area contributed by atoms with Gasteiger partial charge in [0.25, 0.3) is 0 Å². The van der Waals surface area contributed by atoms with E-state index in [2.05, 4.69) is 9.97 Å². The number of fused-ring (bicyclic) bond motifs is 10. The summed E-state index contributed by atoms with van der Waals surface area (Å²) in [6.45, 7) is 0. The van der Waals surface area contributed by atoms with Crippen molar-refractivity contribution in [3.05, 3.63) is 155 Å². The minimum atomic E-state index is -1.33. The van der Waals surface area contributed by atoms with Crippen LogP contribution in [0.2, 0.25) is 0 Å². The number of carboxylic acid groups (broad SMARTS) is 2. The molecular weight excluding hydrogens is 1010 g/mol. The van der Waals surface area contributed by atoms with Crippen LogP contribution in [0.15, 0.2) is 121 Å². The Kier molecular flexibility index (Phi) is 16.1. The average molecular weight is 1060 g/mol. The number of aromatic carboxylic acids is 2. The topological polar surface area (TPSA) is 193 Å². The molecule has 9 aromatic rings. The van der Waals surface area contributed by atoms with E-state index in [0.717, 1.165) is 0 Å². The van der Waals surface area contributed by atoms with E-state index < -0.39 is 11.9 Å². The second kappa shape index (κ2) is 22.6. The molecule has 0 saturated heterocycles. The first-order valence-corrected chi connectivity index (χ1v) is 23.3. The van der Waals surface area contributed by atoms with Crippen molar-refractivity contribution in [2.45, 2.75) is 0 Å². The smallest absolute Gasteiger partial charge is 0.545 e. The second-order valence-electron chi connectivity index (χ2n) is 17.3. The number of carboxylic acids is 2. The van der Waals surface area contributed by atoms with Crippen LogP contribution in [-0.2, 0) is 0 Å². The number of benzene rings is 6. The summed E-state index contributed by atoms with van der Waals surface area (Å²) in [5, 5.41) is 28.2.